The molecule has 152 valence electrons. The van der Waals surface area contributed by atoms with E-state index in [-0.39, 0.29) is 17.3 Å². The molecule has 1 aromatic carbocycles. The van der Waals surface area contributed by atoms with Gasteiger partial charge in [0.05, 0.1) is 23.3 Å². The number of nitrogens with zero attached hydrogens (tertiary/aromatic N) is 2. The number of amides is 1. The van der Waals surface area contributed by atoms with Gasteiger partial charge >= 0.3 is 0 Å². The van der Waals surface area contributed by atoms with Gasteiger partial charge in [0, 0.05) is 25.0 Å². The van der Waals surface area contributed by atoms with Gasteiger partial charge in [-0.25, -0.2) is 8.42 Å². The zero-order valence-electron chi connectivity index (χ0n) is 16.3. The number of carbonyl (C=O) groups excluding carboxylic acids is 1. The largest absolute Gasteiger partial charge is 0.468 e. The van der Waals surface area contributed by atoms with Gasteiger partial charge in [-0.05, 0) is 49.4 Å². The smallest absolute Gasteiger partial charge is 0.255 e. The van der Waals surface area contributed by atoms with Crippen molar-refractivity contribution in [3.63, 3.8) is 0 Å². The minimum atomic E-state index is -3.74. The third kappa shape index (κ3) is 4.61. The molecule has 0 unspecified atom stereocenters. The third-order valence-electron chi connectivity index (χ3n) is 4.96. The number of furan rings is 1. The molecule has 1 amide bonds. The molecule has 0 radical (unpaired) electrons. The van der Waals surface area contributed by atoms with Crippen molar-refractivity contribution in [2.75, 3.05) is 26.4 Å². The second-order valence-corrected chi connectivity index (χ2v) is 9.80. The molecule has 1 aromatic heterocycles. The summed E-state index contributed by atoms with van der Waals surface area (Å²) < 4.78 is 32.5. The Bertz CT molecular complexity index is 902. The van der Waals surface area contributed by atoms with Crippen LogP contribution in [0.15, 0.2) is 50.8 Å². The Hall–Kier alpha value is -1.77. The highest BCUT2D eigenvalue weighted by molar-refractivity contribution is 7.98. The SMILES string of the molecule is CSc1ccc(S(=O)(=O)N(C)Cc2ccco2)cc1C(=O)N1CCCCCC1. The summed E-state index contributed by atoms with van der Waals surface area (Å²) in [6, 6.07) is 8.27. The average molecular weight is 423 g/mol. The van der Waals surface area contributed by atoms with Crippen molar-refractivity contribution in [1.29, 1.82) is 0 Å². The number of benzene rings is 1. The predicted octanol–water partition coefficient (Wildman–Crippen LogP) is 3.84. The number of hydrogen-bond acceptors (Lipinski definition) is 5. The Morgan fingerprint density at radius 2 is 1.89 bits per heavy atom. The van der Waals surface area contributed by atoms with Crippen molar-refractivity contribution >= 4 is 27.7 Å². The van der Waals surface area contributed by atoms with Crippen LogP contribution in [-0.4, -0.2) is 49.9 Å². The van der Waals surface area contributed by atoms with E-state index in [0.717, 1.165) is 43.7 Å². The minimum Gasteiger partial charge on any atom is -0.468 e. The van der Waals surface area contributed by atoms with E-state index < -0.39 is 10.0 Å². The van der Waals surface area contributed by atoms with Gasteiger partial charge in [-0.1, -0.05) is 12.8 Å². The summed E-state index contributed by atoms with van der Waals surface area (Å²) in [6.45, 7) is 1.58. The van der Waals surface area contributed by atoms with Crippen LogP contribution in [0.25, 0.3) is 0 Å². The molecular formula is C20H26N2O4S2. The van der Waals surface area contributed by atoms with E-state index in [2.05, 4.69) is 0 Å². The second kappa shape index (κ2) is 9.15. The second-order valence-electron chi connectivity index (χ2n) is 6.91. The number of hydrogen-bond donors (Lipinski definition) is 0. The fourth-order valence-corrected chi connectivity index (χ4v) is 5.08. The number of carbonyl (C=O) groups is 1. The highest BCUT2D eigenvalue weighted by atomic mass is 32.2. The third-order valence-corrected chi connectivity index (χ3v) is 7.56. The lowest BCUT2D eigenvalue weighted by Gasteiger charge is -2.22. The van der Waals surface area contributed by atoms with Gasteiger partial charge in [-0.3, -0.25) is 4.79 Å². The normalized spacial score (nSPS) is 15.6. The van der Waals surface area contributed by atoms with Crippen LogP contribution in [0.2, 0.25) is 0 Å². The molecule has 1 aliphatic rings. The summed E-state index contributed by atoms with van der Waals surface area (Å²) in [6.07, 6.45) is 7.65. The number of thioether (sulfide) groups is 1. The zero-order chi connectivity index (χ0) is 20.1. The maximum absolute atomic E-state index is 13.1. The Balaban J connectivity index is 1.90. The summed E-state index contributed by atoms with van der Waals surface area (Å²) in [7, 11) is -2.23. The maximum atomic E-state index is 13.1. The monoisotopic (exact) mass is 422 g/mol. The van der Waals surface area contributed by atoms with Gasteiger partial charge in [0.25, 0.3) is 5.91 Å². The van der Waals surface area contributed by atoms with Crippen LogP contribution in [-0.2, 0) is 16.6 Å². The van der Waals surface area contributed by atoms with Crippen molar-refractivity contribution in [2.24, 2.45) is 0 Å². The van der Waals surface area contributed by atoms with Crippen LogP contribution in [0.3, 0.4) is 0 Å². The van der Waals surface area contributed by atoms with Crippen molar-refractivity contribution in [3.8, 4) is 0 Å². The molecule has 0 spiro atoms. The molecule has 3 rings (SSSR count). The van der Waals surface area contributed by atoms with E-state index >= 15 is 0 Å². The molecule has 2 heterocycles. The quantitative estimate of drug-likeness (QED) is 0.662. The van der Waals surface area contributed by atoms with Crippen LogP contribution in [0.4, 0.5) is 0 Å². The van der Waals surface area contributed by atoms with Gasteiger partial charge in [0.1, 0.15) is 5.76 Å². The molecule has 0 N–H and O–H groups in total. The van der Waals surface area contributed by atoms with Crippen LogP contribution < -0.4 is 0 Å². The Morgan fingerprint density at radius 1 is 1.18 bits per heavy atom. The van der Waals surface area contributed by atoms with Crippen molar-refractivity contribution < 1.29 is 17.6 Å². The lowest BCUT2D eigenvalue weighted by atomic mass is 10.2. The summed E-state index contributed by atoms with van der Waals surface area (Å²) >= 11 is 1.45. The standard InChI is InChI=1S/C20H26N2O4S2/c1-21(15-16-8-7-13-26-16)28(24,25)17-9-10-19(27-2)18(14-17)20(23)22-11-5-3-4-6-12-22/h7-10,13-14H,3-6,11-12,15H2,1-2H3. The first kappa shape index (κ1) is 21.0. The molecule has 0 atom stereocenters. The molecule has 2 aromatic rings. The van der Waals surface area contributed by atoms with E-state index in [1.54, 1.807) is 24.3 Å². The molecule has 0 bridgehead atoms. The van der Waals surface area contributed by atoms with Crippen molar-refractivity contribution in [1.82, 2.24) is 9.21 Å². The number of likely N-dealkylation sites (tertiary alicyclic amines) is 1. The van der Waals surface area contributed by atoms with E-state index in [0.29, 0.717) is 11.3 Å². The lowest BCUT2D eigenvalue weighted by Crippen LogP contribution is -2.32. The van der Waals surface area contributed by atoms with Crippen molar-refractivity contribution in [2.45, 2.75) is 42.0 Å². The van der Waals surface area contributed by atoms with E-state index in [1.807, 2.05) is 11.2 Å². The zero-order valence-corrected chi connectivity index (χ0v) is 17.9. The first-order valence-corrected chi connectivity index (χ1v) is 12.1. The molecule has 0 saturated carbocycles. The van der Waals surface area contributed by atoms with E-state index in [1.165, 1.54) is 35.4 Å². The van der Waals surface area contributed by atoms with Gasteiger partial charge in [0.15, 0.2) is 0 Å². The van der Waals surface area contributed by atoms with Crippen LogP contribution in [0.5, 0.6) is 0 Å². The first-order chi connectivity index (χ1) is 13.4. The Morgan fingerprint density at radius 3 is 2.50 bits per heavy atom. The first-order valence-electron chi connectivity index (χ1n) is 9.39. The number of sulfonamides is 1. The molecule has 1 saturated heterocycles. The van der Waals surface area contributed by atoms with E-state index in [4.69, 9.17) is 4.42 Å². The fourth-order valence-electron chi connectivity index (χ4n) is 3.35. The van der Waals surface area contributed by atoms with Gasteiger partial charge in [0.2, 0.25) is 10.0 Å². The van der Waals surface area contributed by atoms with Gasteiger partial charge in [-0.2, -0.15) is 4.31 Å². The van der Waals surface area contributed by atoms with Gasteiger partial charge in [-0.15, -0.1) is 11.8 Å². The highest BCUT2D eigenvalue weighted by Crippen LogP contribution is 2.27. The van der Waals surface area contributed by atoms with Crippen LogP contribution >= 0.6 is 11.8 Å². The molecule has 6 nitrogen and oxygen atoms in total. The Kier molecular flexibility index (Phi) is 6.85. The van der Waals surface area contributed by atoms with Crippen LogP contribution in [0, 0.1) is 0 Å². The highest BCUT2D eigenvalue weighted by Gasteiger charge is 2.26. The molecular weight excluding hydrogens is 396 g/mol. The fraction of sp³-hybridized carbons (Fsp3) is 0.450. The van der Waals surface area contributed by atoms with Gasteiger partial charge < -0.3 is 9.32 Å². The van der Waals surface area contributed by atoms with Crippen LogP contribution in [0.1, 0.15) is 41.8 Å². The topological polar surface area (TPSA) is 70.8 Å². The average Bonchev–Trinajstić information content (AvgIpc) is 3.05. The Labute approximate surface area is 170 Å². The van der Waals surface area contributed by atoms with Crippen molar-refractivity contribution in [3.05, 3.63) is 47.9 Å². The summed E-state index contributed by atoms with van der Waals surface area (Å²) in [5, 5.41) is 0. The molecule has 28 heavy (non-hydrogen) atoms. The molecule has 8 heteroatoms. The molecule has 0 aliphatic carbocycles. The molecule has 1 fully saturated rings. The number of rotatable bonds is 6. The summed E-state index contributed by atoms with van der Waals surface area (Å²) in [5.41, 5.74) is 0.460. The predicted molar refractivity (Wildman–Crippen MR) is 110 cm³/mol. The van der Waals surface area contributed by atoms with E-state index in [9.17, 15) is 13.2 Å². The minimum absolute atomic E-state index is 0.0861. The molecule has 1 aliphatic heterocycles. The maximum Gasteiger partial charge on any atom is 0.255 e. The lowest BCUT2D eigenvalue weighted by molar-refractivity contribution is 0.0758. The summed E-state index contributed by atoms with van der Waals surface area (Å²) in [5.74, 6) is 0.477. The summed E-state index contributed by atoms with van der Waals surface area (Å²) in [4.78, 5) is 15.9.